The number of hydrogen-bond donors (Lipinski definition) is 3. The summed E-state index contributed by atoms with van der Waals surface area (Å²) in [6, 6.07) is 3.17. The third-order valence-corrected chi connectivity index (χ3v) is 3.23. The van der Waals surface area contributed by atoms with Crippen LogP contribution in [-0.4, -0.2) is 23.1 Å². The number of carbonyl (C=O) groups is 2. The number of halogens is 2. The smallest absolute Gasteiger partial charge is 0.327 e. The molecule has 0 fully saturated rings. The molecular formula is C12H10ClIN2O3. The molecule has 19 heavy (non-hydrogen) atoms. The lowest BCUT2D eigenvalue weighted by Gasteiger charge is -2.13. The van der Waals surface area contributed by atoms with Crippen LogP contribution in [0.2, 0.25) is 5.02 Å². The molecule has 1 aromatic rings. The van der Waals surface area contributed by atoms with Crippen molar-refractivity contribution in [1.29, 1.82) is 0 Å². The number of carbonyl (C=O) groups excluding carboxylic acids is 1. The molecule has 0 bridgehead atoms. The lowest BCUT2D eigenvalue weighted by Crippen LogP contribution is -2.42. The Kier molecular flexibility index (Phi) is 5.92. The molecule has 3 N–H and O–H groups in total. The summed E-state index contributed by atoms with van der Waals surface area (Å²) in [7, 11) is 0. The van der Waals surface area contributed by atoms with E-state index in [0.29, 0.717) is 10.7 Å². The third-order valence-electron chi connectivity index (χ3n) is 2.10. The fraction of sp³-hybridized carbons (Fsp3) is 0.167. The van der Waals surface area contributed by atoms with Crippen LogP contribution in [0.4, 0.5) is 10.5 Å². The van der Waals surface area contributed by atoms with Gasteiger partial charge in [0.25, 0.3) is 0 Å². The van der Waals surface area contributed by atoms with Crippen molar-refractivity contribution in [2.75, 3.05) is 5.32 Å². The molecule has 1 atom stereocenters. The zero-order valence-corrected chi connectivity index (χ0v) is 12.5. The van der Waals surface area contributed by atoms with Gasteiger partial charge in [0.1, 0.15) is 6.04 Å². The van der Waals surface area contributed by atoms with Gasteiger partial charge in [0.15, 0.2) is 0 Å². The van der Waals surface area contributed by atoms with Gasteiger partial charge >= 0.3 is 12.0 Å². The molecule has 1 aromatic carbocycles. The monoisotopic (exact) mass is 392 g/mol. The van der Waals surface area contributed by atoms with Crippen LogP contribution in [0.1, 0.15) is 6.42 Å². The number of hydrogen-bond acceptors (Lipinski definition) is 2. The van der Waals surface area contributed by atoms with Crippen molar-refractivity contribution in [3.63, 3.8) is 0 Å². The van der Waals surface area contributed by atoms with Gasteiger partial charge in [-0.3, -0.25) is 0 Å². The molecule has 0 spiro atoms. The van der Waals surface area contributed by atoms with Gasteiger partial charge in [0.2, 0.25) is 0 Å². The number of carboxylic acids is 1. The van der Waals surface area contributed by atoms with Crippen molar-refractivity contribution in [1.82, 2.24) is 5.32 Å². The van der Waals surface area contributed by atoms with E-state index in [0.717, 1.165) is 3.57 Å². The molecule has 1 rings (SSSR count). The number of benzene rings is 1. The number of urea groups is 1. The quantitative estimate of drug-likeness (QED) is 0.544. The highest BCUT2D eigenvalue weighted by Gasteiger charge is 2.18. The Balaban J connectivity index is 2.69. The van der Waals surface area contributed by atoms with Crippen molar-refractivity contribution in [2.24, 2.45) is 0 Å². The Morgan fingerprint density at radius 3 is 2.74 bits per heavy atom. The van der Waals surface area contributed by atoms with Gasteiger partial charge in [0, 0.05) is 15.0 Å². The van der Waals surface area contributed by atoms with Crippen LogP contribution in [0.15, 0.2) is 18.2 Å². The fourth-order valence-electron chi connectivity index (χ4n) is 1.23. The number of anilines is 1. The molecule has 0 aliphatic carbocycles. The highest BCUT2D eigenvalue weighted by Crippen LogP contribution is 2.22. The Morgan fingerprint density at radius 2 is 2.21 bits per heavy atom. The van der Waals surface area contributed by atoms with Gasteiger partial charge in [-0.05, 0) is 40.8 Å². The van der Waals surface area contributed by atoms with Gasteiger partial charge in [-0.2, -0.15) is 0 Å². The van der Waals surface area contributed by atoms with E-state index in [1.807, 2.05) is 22.6 Å². The Bertz CT molecular complexity index is 542. The predicted molar refractivity (Wildman–Crippen MR) is 81.2 cm³/mol. The number of terminal acetylenes is 1. The lowest BCUT2D eigenvalue weighted by molar-refractivity contribution is -0.139. The average Bonchev–Trinajstić information content (AvgIpc) is 2.32. The molecule has 0 aliphatic rings. The van der Waals surface area contributed by atoms with Crippen LogP contribution >= 0.6 is 34.2 Å². The Labute approximate surface area is 128 Å². The minimum Gasteiger partial charge on any atom is -0.480 e. The topological polar surface area (TPSA) is 78.4 Å². The number of rotatable bonds is 4. The summed E-state index contributed by atoms with van der Waals surface area (Å²) < 4.78 is 0.740. The minimum absolute atomic E-state index is 0.0829. The fourth-order valence-corrected chi connectivity index (χ4v) is 2.23. The van der Waals surface area contributed by atoms with E-state index in [1.165, 1.54) is 0 Å². The largest absolute Gasteiger partial charge is 0.480 e. The normalized spacial score (nSPS) is 11.2. The van der Waals surface area contributed by atoms with Crippen LogP contribution in [0.5, 0.6) is 0 Å². The minimum atomic E-state index is -1.18. The summed E-state index contributed by atoms with van der Waals surface area (Å²) >= 11 is 7.80. The molecule has 7 heteroatoms. The van der Waals surface area contributed by atoms with Gasteiger partial charge in [-0.15, -0.1) is 12.3 Å². The summed E-state index contributed by atoms with van der Waals surface area (Å²) in [5.41, 5.74) is 0.535. The van der Waals surface area contributed by atoms with Crippen molar-refractivity contribution in [2.45, 2.75) is 12.5 Å². The van der Waals surface area contributed by atoms with Crippen molar-refractivity contribution < 1.29 is 14.7 Å². The van der Waals surface area contributed by atoms with Crippen molar-refractivity contribution >= 4 is 51.9 Å². The second kappa shape index (κ2) is 7.21. The maximum atomic E-state index is 11.6. The van der Waals surface area contributed by atoms with Gasteiger partial charge < -0.3 is 15.7 Å². The van der Waals surface area contributed by atoms with E-state index in [-0.39, 0.29) is 6.42 Å². The molecule has 0 heterocycles. The second-order valence-electron chi connectivity index (χ2n) is 3.52. The lowest BCUT2D eigenvalue weighted by atomic mass is 10.2. The first-order valence-corrected chi connectivity index (χ1v) is 6.58. The molecule has 5 nitrogen and oxygen atoms in total. The van der Waals surface area contributed by atoms with Gasteiger partial charge in [-0.25, -0.2) is 9.59 Å². The van der Waals surface area contributed by atoms with E-state index in [2.05, 4.69) is 16.6 Å². The molecule has 0 saturated carbocycles. The summed E-state index contributed by atoms with van der Waals surface area (Å²) in [6.45, 7) is 0. The van der Waals surface area contributed by atoms with E-state index >= 15 is 0 Å². The first kappa shape index (κ1) is 15.6. The molecule has 2 amide bonds. The standard InChI is InChI=1S/C12H10ClIN2O3/c1-2-3-10(11(17)18)16-12(19)15-9-5-4-7(13)6-8(9)14/h1,4-6,10H,3H2,(H,17,18)(H2,15,16,19). The maximum Gasteiger partial charge on any atom is 0.327 e. The number of amides is 2. The zero-order chi connectivity index (χ0) is 14.4. The predicted octanol–water partition coefficient (Wildman–Crippen LogP) is 2.54. The first-order chi connectivity index (χ1) is 8.93. The van der Waals surface area contributed by atoms with Crippen molar-refractivity contribution in [3.8, 4) is 12.3 Å². The summed E-state index contributed by atoms with van der Waals surface area (Å²) in [5.74, 6) is 1.01. The van der Waals surface area contributed by atoms with E-state index in [4.69, 9.17) is 23.1 Å². The van der Waals surface area contributed by atoms with Crippen LogP contribution in [0.3, 0.4) is 0 Å². The molecule has 1 unspecified atom stereocenters. The molecule has 0 radical (unpaired) electrons. The highest BCUT2D eigenvalue weighted by molar-refractivity contribution is 14.1. The van der Waals surface area contributed by atoms with Crippen molar-refractivity contribution in [3.05, 3.63) is 26.8 Å². The zero-order valence-electron chi connectivity index (χ0n) is 9.61. The molecule has 100 valence electrons. The highest BCUT2D eigenvalue weighted by atomic mass is 127. The second-order valence-corrected chi connectivity index (χ2v) is 5.12. The van der Waals surface area contributed by atoms with Crippen LogP contribution in [-0.2, 0) is 4.79 Å². The van der Waals surface area contributed by atoms with E-state index in [9.17, 15) is 9.59 Å². The molecular weight excluding hydrogens is 383 g/mol. The first-order valence-electron chi connectivity index (χ1n) is 5.13. The average molecular weight is 393 g/mol. The van der Waals surface area contributed by atoms with E-state index < -0.39 is 18.0 Å². The van der Waals surface area contributed by atoms with Gasteiger partial charge in [0.05, 0.1) is 5.69 Å². The molecule has 0 aromatic heterocycles. The molecule has 0 saturated heterocycles. The molecule has 0 aliphatic heterocycles. The number of carboxylic acid groups (broad SMARTS) is 1. The number of aliphatic carboxylic acids is 1. The Morgan fingerprint density at radius 1 is 1.53 bits per heavy atom. The maximum absolute atomic E-state index is 11.6. The Hall–Kier alpha value is -1.46. The summed E-state index contributed by atoms with van der Waals surface area (Å²) in [5, 5.41) is 14.2. The third kappa shape index (κ3) is 4.96. The van der Waals surface area contributed by atoms with Crippen LogP contribution < -0.4 is 10.6 Å². The summed E-state index contributed by atoms with van der Waals surface area (Å²) in [6.07, 6.45) is 4.95. The van der Waals surface area contributed by atoms with E-state index in [1.54, 1.807) is 18.2 Å². The van der Waals surface area contributed by atoms with Crippen LogP contribution in [0.25, 0.3) is 0 Å². The van der Waals surface area contributed by atoms with Gasteiger partial charge in [-0.1, -0.05) is 11.6 Å². The number of nitrogens with one attached hydrogen (secondary N) is 2. The summed E-state index contributed by atoms with van der Waals surface area (Å²) in [4.78, 5) is 22.5. The van der Waals surface area contributed by atoms with Crippen LogP contribution in [0, 0.1) is 15.9 Å². The SMILES string of the molecule is C#CCC(NC(=O)Nc1ccc(Cl)cc1I)C(=O)O.